The molecule has 0 unspecified atom stereocenters. The number of carbonyl (C=O) groups excluding carboxylic acids is 1. The molecule has 2 heterocycles. The normalized spacial score (nSPS) is 15.2. The fraction of sp³-hybridized carbons (Fsp3) is 0.150. The first-order valence-electron chi connectivity index (χ1n) is 9.05. The van der Waals surface area contributed by atoms with Crippen molar-refractivity contribution in [3.8, 4) is 0 Å². The van der Waals surface area contributed by atoms with E-state index in [2.05, 4.69) is 14.8 Å². The fourth-order valence-corrected chi connectivity index (χ4v) is 4.89. The van der Waals surface area contributed by atoms with Crippen LogP contribution in [0.4, 0.5) is 17.3 Å². The van der Waals surface area contributed by atoms with Gasteiger partial charge in [-0.2, -0.15) is 0 Å². The van der Waals surface area contributed by atoms with Gasteiger partial charge in [0.05, 0.1) is 18.8 Å². The molecule has 31 heavy (non-hydrogen) atoms. The molecule has 0 aliphatic carbocycles. The molecule has 0 saturated heterocycles. The molecule has 0 radical (unpaired) electrons. The first-order valence-corrected chi connectivity index (χ1v) is 12.8. The number of amides is 1. The van der Waals surface area contributed by atoms with Gasteiger partial charge in [0.1, 0.15) is 5.41 Å². The molecule has 1 amide bonds. The van der Waals surface area contributed by atoms with E-state index in [1.54, 1.807) is 54.6 Å². The van der Waals surface area contributed by atoms with Crippen LogP contribution < -0.4 is 14.8 Å². The number of rotatable bonds is 6. The predicted molar refractivity (Wildman–Crippen MR) is 117 cm³/mol. The highest BCUT2D eigenvalue weighted by Crippen LogP contribution is 2.48. The van der Waals surface area contributed by atoms with Gasteiger partial charge < -0.3 is 4.42 Å². The number of benzene rings is 2. The van der Waals surface area contributed by atoms with Crippen molar-refractivity contribution in [2.24, 2.45) is 0 Å². The molecule has 2 aromatic carbocycles. The lowest BCUT2D eigenvalue weighted by atomic mass is 9.71. The molecule has 9 nitrogen and oxygen atoms in total. The minimum Gasteiger partial charge on any atom is -0.448 e. The Kier molecular flexibility index (Phi) is 4.82. The van der Waals surface area contributed by atoms with Crippen LogP contribution in [-0.4, -0.2) is 35.3 Å². The predicted octanol–water partition coefficient (Wildman–Crippen LogP) is 2.31. The number of fused-ring (bicyclic) bond motifs is 1. The fourth-order valence-electron chi connectivity index (χ4n) is 3.77. The van der Waals surface area contributed by atoms with Gasteiger partial charge in [-0.3, -0.25) is 19.6 Å². The van der Waals surface area contributed by atoms with Crippen LogP contribution in [-0.2, 0) is 30.3 Å². The van der Waals surface area contributed by atoms with Crippen LogP contribution in [0.2, 0.25) is 0 Å². The minimum atomic E-state index is -3.45. The summed E-state index contributed by atoms with van der Waals surface area (Å²) in [6.45, 7) is 0. The summed E-state index contributed by atoms with van der Waals surface area (Å²) in [4.78, 5) is 13.2. The highest BCUT2D eigenvalue weighted by atomic mass is 32.2. The summed E-state index contributed by atoms with van der Waals surface area (Å²) in [5, 5.41) is 2.74. The van der Waals surface area contributed by atoms with E-state index in [1.807, 2.05) is 0 Å². The quantitative estimate of drug-likeness (QED) is 0.516. The van der Waals surface area contributed by atoms with Crippen molar-refractivity contribution in [1.29, 1.82) is 0 Å². The lowest BCUT2D eigenvalue weighted by Gasteiger charge is -2.28. The molecule has 1 aliphatic rings. The summed E-state index contributed by atoms with van der Waals surface area (Å²) in [7, 11) is -6.89. The first kappa shape index (κ1) is 20.9. The highest BCUT2D eigenvalue weighted by Gasteiger charge is 2.51. The molecule has 1 aliphatic heterocycles. The van der Waals surface area contributed by atoms with Gasteiger partial charge in [0, 0.05) is 16.9 Å². The van der Waals surface area contributed by atoms with Gasteiger partial charge in [0.25, 0.3) is 0 Å². The van der Waals surface area contributed by atoms with Crippen molar-refractivity contribution < 1.29 is 26.0 Å². The molecule has 0 bridgehead atoms. The van der Waals surface area contributed by atoms with Gasteiger partial charge in [0.15, 0.2) is 0 Å². The molecule has 0 fully saturated rings. The Bertz CT molecular complexity index is 1280. The zero-order valence-corrected chi connectivity index (χ0v) is 18.2. The van der Waals surface area contributed by atoms with E-state index in [9.17, 15) is 21.6 Å². The van der Waals surface area contributed by atoms with E-state index in [0.717, 1.165) is 12.5 Å². The largest absolute Gasteiger partial charge is 0.448 e. The van der Waals surface area contributed by atoms with Crippen molar-refractivity contribution >= 4 is 43.2 Å². The molecular formula is C20H19N3O6S2. The summed E-state index contributed by atoms with van der Waals surface area (Å²) in [5.41, 5.74) is 1.25. The van der Waals surface area contributed by atoms with E-state index in [0.29, 0.717) is 33.9 Å². The molecule has 0 atom stereocenters. The number of carbonyl (C=O) groups is 1. The summed E-state index contributed by atoms with van der Waals surface area (Å²) in [6.07, 6.45) is 3.57. The van der Waals surface area contributed by atoms with E-state index >= 15 is 0 Å². The van der Waals surface area contributed by atoms with Crippen LogP contribution >= 0.6 is 0 Å². The summed E-state index contributed by atoms with van der Waals surface area (Å²) in [6, 6.07) is 14.6. The zero-order chi connectivity index (χ0) is 22.4. The number of furan rings is 1. The average Bonchev–Trinajstić information content (AvgIpc) is 3.20. The number of hydrogen-bond donors (Lipinski definition) is 3. The summed E-state index contributed by atoms with van der Waals surface area (Å²) >= 11 is 0. The molecule has 1 aromatic heterocycles. The van der Waals surface area contributed by atoms with Crippen LogP contribution in [0.15, 0.2) is 65.3 Å². The van der Waals surface area contributed by atoms with E-state index < -0.39 is 25.5 Å². The molecule has 3 N–H and O–H groups in total. The van der Waals surface area contributed by atoms with Crippen molar-refractivity contribution in [2.75, 3.05) is 27.3 Å². The Balaban J connectivity index is 1.84. The maximum Gasteiger partial charge on any atom is 0.246 e. The summed E-state index contributed by atoms with van der Waals surface area (Å²) in [5.74, 6) is -0.0174. The van der Waals surface area contributed by atoms with Gasteiger partial charge in [-0.15, -0.1) is 0 Å². The second-order valence-electron chi connectivity index (χ2n) is 7.27. The molecule has 162 valence electrons. The minimum absolute atomic E-state index is 0.321. The molecular weight excluding hydrogens is 442 g/mol. The van der Waals surface area contributed by atoms with E-state index in [-0.39, 0.29) is 5.91 Å². The lowest BCUT2D eigenvalue weighted by Crippen LogP contribution is -2.37. The first-order chi connectivity index (χ1) is 14.5. The SMILES string of the molecule is CS(=O)(=O)Nc1ccc(C2(c3ccc(NS(C)(=O)=O)cc3)C(=O)Nc3occc32)cc1. The Morgan fingerprint density at radius 2 is 1.23 bits per heavy atom. The van der Waals surface area contributed by atoms with E-state index in [1.165, 1.54) is 6.26 Å². The molecule has 11 heteroatoms. The monoisotopic (exact) mass is 461 g/mol. The highest BCUT2D eigenvalue weighted by molar-refractivity contribution is 7.92. The smallest absolute Gasteiger partial charge is 0.246 e. The average molecular weight is 462 g/mol. The molecule has 0 saturated carbocycles. The van der Waals surface area contributed by atoms with Gasteiger partial charge in [0.2, 0.25) is 31.8 Å². The Labute approximate surface area is 179 Å². The van der Waals surface area contributed by atoms with Crippen LogP contribution in [0.3, 0.4) is 0 Å². The lowest BCUT2D eigenvalue weighted by molar-refractivity contribution is -0.118. The van der Waals surface area contributed by atoms with Gasteiger partial charge >= 0.3 is 0 Å². The number of anilines is 3. The topological polar surface area (TPSA) is 135 Å². The van der Waals surface area contributed by atoms with Crippen LogP contribution in [0.1, 0.15) is 16.7 Å². The second-order valence-corrected chi connectivity index (χ2v) is 10.8. The Hall–Kier alpha value is -3.31. The van der Waals surface area contributed by atoms with Crippen LogP contribution in [0.25, 0.3) is 0 Å². The maximum atomic E-state index is 13.2. The molecule has 4 rings (SSSR count). The molecule has 0 spiro atoms. The third-order valence-electron chi connectivity index (χ3n) is 4.88. The van der Waals surface area contributed by atoms with Gasteiger partial charge in [-0.1, -0.05) is 24.3 Å². The number of hydrogen-bond acceptors (Lipinski definition) is 6. The molecule has 3 aromatic rings. The van der Waals surface area contributed by atoms with E-state index in [4.69, 9.17) is 4.42 Å². The Morgan fingerprint density at radius 1 is 0.774 bits per heavy atom. The van der Waals surface area contributed by atoms with Crippen LogP contribution in [0.5, 0.6) is 0 Å². The van der Waals surface area contributed by atoms with Gasteiger partial charge in [-0.25, -0.2) is 16.8 Å². The third-order valence-corrected chi connectivity index (χ3v) is 6.09. The zero-order valence-electron chi connectivity index (χ0n) is 16.5. The standard InChI is InChI=1S/C20H19N3O6S2/c1-30(25,26)22-15-7-3-13(4-8-15)20(17-11-12-29-18(17)21-19(20)24)14-5-9-16(10-6-14)23-31(2,27)28/h3-12,22-23H,1-2H3,(H,21,24). The van der Waals surface area contributed by atoms with Gasteiger partial charge in [-0.05, 0) is 41.5 Å². The second kappa shape index (κ2) is 7.13. The van der Waals surface area contributed by atoms with Crippen molar-refractivity contribution in [2.45, 2.75) is 5.41 Å². The number of nitrogens with one attached hydrogen (secondary N) is 3. The third kappa shape index (κ3) is 3.89. The van der Waals surface area contributed by atoms with Crippen molar-refractivity contribution in [1.82, 2.24) is 0 Å². The Morgan fingerprint density at radius 3 is 1.65 bits per heavy atom. The van der Waals surface area contributed by atoms with Crippen molar-refractivity contribution in [3.05, 3.63) is 77.6 Å². The summed E-state index contributed by atoms with van der Waals surface area (Å²) < 4.78 is 56.2. The number of sulfonamides is 2. The van der Waals surface area contributed by atoms with Crippen LogP contribution in [0, 0.1) is 0 Å². The maximum absolute atomic E-state index is 13.2. The van der Waals surface area contributed by atoms with Crippen molar-refractivity contribution in [3.63, 3.8) is 0 Å².